The first-order chi connectivity index (χ1) is 7.18. The molecule has 2 fully saturated rings. The van der Waals surface area contributed by atoms with E-state index in [1.165, 1.54) is 0 Å². The van der Waals surface area contributed by atoms with E-state index in [0.29, 0.717) is 25.4 Å². The average molecular weight is 211 g/mol. The minimum absolute atomic E-state index is 0.0859. The highest BCUT2D eigenvalue weighted by atomic mass is 16.2. The Bertz CT molecular complexity index is 276. The van der Waals surface area contributed by atoms with E-state index >= 15 is 0 Å². The van der Waals surface area contributed by atoms with Crippen molar-refractivity contribution < 1.29 is 9.59 Å². The van der Waals surface area contributed by atoms with E-state index in [0.717, 1.165) is 19.4 Å². The first-order valence-electron chi connectivity index (χ1n) is 5.48. The number of nitrogens with zero attached hydrogens (tertiary/aromatic N) is 1. The summed E-state index contributed by atoms with van der Waals surface area (Å²) in [6, 6.07) is -0.454. The lowest BCUT2D eigenvalue weighted by Crippen LogP contribution is -2.58. The predicted octanol–water partition coefficient (Wildman–Crippen LogP) is -0.928. The van der Waals surface area contributed by atoms with Crippen molar-refractivity contribution in [2.24, 2.45) is 11.7 Å². The molecule has 1 aliphatic heterocycles. The molecule has 0 aromatic carbocycles. The summed E-state index contributed by atoms with van der Waals surface area (Å²) in [4.78, 5) is 24.6. The van der Waals surface area contributed by atoms with E-state index in [2.05, 4.69) is 5.32 Å². The quantitative estimate of drug-likeness (QED) is 0.633. The maximum atomic E-state index is 11.9. The van der Waals surface area contributed by atoms with E-state index in [1.807, 2.05) is 0 Å². The molecule has 1 aliphatic carbocycles. The molecule has 2 amide bonds. The molecule has 5 nitrogen and oxygen atoms in total. The lowest BCUT2D eigenvalue weighted by Gasteiger charge is -2.34. The Balaban J connectivity index is 1.96. The molecule has 0 bridgehead atoms. The SMILES string of the molecule is NC(=O)C1CNCCN1C(=O)CC1CC1. The molecule has 5 heteroatoms. The molecule has 2 rings (SSSR count). The summed E-state index contributed by atoms with van der Waals surface area (Å²) in [5.74, 6) is 0.232. The van der Waals surface area contributed by atoms with Crippen LogP contribution in [0.2, 0.25) is 0 Å². The zero-order valence-corrected chi connectivity index (χ0v) is 8.74. The molecule has 0 aromatic heterocycles. The maximum absolute atomic E-state index is 11.9. The number of rotatable bonds is 3. The lowest BCUT2D eigenvalue weighted by atomic mass is 10.1. The molecule has 15 heavy (non-hydrogen) atoms. The van der Waals surface area contributed by atoms with Gasteiger partial charge in [0.05, 0.1) is 0 Å². The van der Waals surface area contributed by atoms with E-state index in [1.54, 1.807) is 4.90 Å². The molecule has 0 aromatic rings. The molecule has 1 saturated carbocycles. The molecule has 84 valence electrons. The summed E-state index contributed by atoms with van der Waals surface area (Å²) < 4.78 is 0. The van der Waals surface area contributed by atoms with Crippen LogP contribution < -0.4 is 11.1 Å². The van der Waals surface area contributed by atoms with Crippen molar-refractivity contribution >= 4 is 11.8 Å². The lowest BCUT2D eigenvalue weighted by molar-refractivity contribution is -0.140. The standard InChI is InChI=1S/C10H17N3O2/c11-10(15)8-6-12-3-4-13(8)9(14)5-7-1-2-7/h7-8,12H,1-6H2,(H2,11,15). The Morgan fingerprint density at radius 1 is 1.40 bits per heavy atom. The van der Waals surface area contributed by atoms with Gasteiger partial charge in [0.25, 0.3) is 0 Å². The largest absolute Gasteiger partial charge is 0.368 e. The van der Waals surface area contributed by atoms with E-state index in [9.17, 15) is 9.59 Å². The first kappa shape index (κ1) is 10.4. The van der Waals surface area contributed by atoms with Crippen LogP contribution in [0.15, 0.2) is 0 Å². The number of carbonyl (C=O) groups excluding carboxylic acids is 2. The van der Waals surface area contributed by atoms with Gasteiger partial charge in [-0.2, -0.15) is 0 Å². The van der Waals surface area contributed by atoms with Crippen molar-refractivity contribution in [1.82, 2.24) is 10.2 Å². The summed E-state index contributed by atoms with van der Waals surface area (Å²) in [5.41, 5.74) is 5.27. The summed E-state index contributed by atoms with van der Waals surface area (Å²) >= 11 is 0. The highest BCUT2D eigenvalue weighted by Crippen LogP contribution is 2.33. The molecule has 1 saturated heterocycles. The number of nitrogens with one attached hydrogen (secondary N) is 1. The second-order valence-electron chi connectivity index (χ2n) is 4.36. The van der Waals surface area contributed by atoms with Gasteiger partial charge in [-0.3, -0.25) is 9.59 Å². The van der Waals surface area contributed by atoms with Gasteiger partial charge in [-0.15, -0.1) is 0 Å². The highest BCUT2D eigenvalue weighted by Gasteiger charge is 2.33. The van der Waals surface area contributed by atoms with Crippen LogP contribution >= 0.6 is 0 Å². The van der Waals surface area contributed by atoms with Gasteiger partial charge in [0, 0.05) is 26.1 Å². The Morgan fingerprint density at radius 3 is 2.73 bits per heavy atom. The smallest absolute Gasteiger partial charge is 0.241 e. The third-order valence-electron chi connectivity index (χ3n) is 3.05. The molecule has 2 aliphatic rings. The third kappa shape index (κ3) is 2.47. The van der Waals surface area contributed by atoms with Crippen LogP contribution in [0, 0.1) is 5.92 Å². The van der Waals surface area contributed by atoms with Crippen molar-refractivity contribution in [3.8, 4) is 0 Å². The zero-order chi connectivity index (χ0) is 10.8. The molecule has 0 radical (unpaired) electrons. The van der Waals surface area contributed by atoms with Gasteiger partial charge in [0.15, 0.2) is 0 Å². The molecule has 1 heterocycles. The fourth-order valence-electron chi connectivity index (χ4n) is 1.94. The van der Waals surface area contributed by atoms with Crippen LogP contribution in [0.3, 0.4) is 0 Å². The fraction of sp³-hybridized carbons (Fsp3) is 0.800. The van der Waals surface area contributed by atoms with Gasteiger partial charge in [-0.1, -0.05) is 0 Å². The van der Waals surface area contributed by atoms with Gasteiger partial charge in [0.1, 0.15) is 6.04 Å². The Labute approximate surface area is 89.0 Å². The van der Waals surface area contributed by atoms with Crippen molar-refractivity contribution in [3.63, 3.8) is 0 Å². The van der Waals surface area contributed by atoms with Crippen LogP contribution in [0.25, 0.3) is 0 Å². The first-order valence-corrected chi connectivity index (χ1v) is 5.48. The number of hydrogen-bond donors (Lipinski definition) is 2. The Kier molecular flexibility index (Phi) is 2.90. The van der Waals surface area contributed by atoms with E-state index < -0.39 is 11.9 Å². The second kappa shape index (κ2) is 4.18. The summed E-state index contributed by atoms with van der Waals surface area (Å²) in [6.45, 7) is 1.84. The van der Waals surface area contributed by atoms with Crippen LogP contribution in [-0.2, 0) is 9.59 Å². The molecule has 1 unspecified atom stereocenters. The van der Waals surface area contributed by atoms with Gasteiger partial charge in [0.2, 0.25) is 11.8 Å². The van der Waals surface area contributed by atoms with E-state index in [4.69, 9.17) is 5.73 Å². The van der Waals surface area contributed by atoms with Crippen LogP contribution in [0.5, 0.6) is 0 Å². The molecule has 1 atom stereocenters. The molecule has 0 spiro atoms. The number of amides is 2. The fourth-order valence-corrected chi connectivity index (χ4v) is 1.94. The van der Waals surface area contributed by atoms with Gasteiger partial charge in [-0.05, 0) is 18.8 Å². The van der Waals surface area contributed by atoms with Crippen molar-refractivity contribution in [1.29, 1.82) is 0 Å². The van der Waals surface area contributed by atoms with Crippen molar-refractivity contribution in [2.75, 3.05) is 19.6 Å². The van der Waals surface area contributed by atoms with Crippen LogP contribution in [0.1, 0.15) is 19.3 Å². The average Bonchev–Trinajstić information content (AvgIpc) is 3.01. The minimum atomic E-state index is -0.454. The van der Waals surface area contributed by atoms with Crippen molar-refractivity contribution in [2.45, 2.75) is 25.3 Å². The van der Waals surface area contributed by atoms with E-state index in [-0.39, 0.29) is 5.91 Å². The van der Waals surface area contributed by atoms with Crippen molar-refractivity contribution in [3.05, 3.63) is 0 Å². The summed E-state index contributed by atoms with van der Waals surface area (Å²) in [6.07, 6.45) is 2.89. The minimum Gasteiger partial charge on any atom is -0.368 e. The number of hydrogen-bond acceptors (Lipinski definition) is 3. The van der Waals surface area contributed by atoms with Gasteiger partial charge >= 0.3 is 0 Å². The number of nitrogens with two attached hydrogens (primary N) is 1. The maximum Gasteiger partial charge on any atom is 0.241 e. The van der Waals surface area contributed by atoms with Gasteiger partial charge in [-0.25, -0.2) is 0 Å². The predicted molar refractivity (Wildman–Crippen MR) is 54.9 cm³/mol. The highest BCUT2D eigenvalue weighted by molar-refractivity contribution is 5.87. The van der Waals surface area contributed by atoms with Gasteiger partial charge < -0.3 is 16.0 Å². The summed E-state index contributed by atoms with van der Waals surface area (Å²) in [7, 11) is 0. The normalized spacial score (nSPS) is 26.4. The molecular formula is C10H17N3O2. The Morgan fingerprint density at radius 2 is 2.13 bits per heavy atom. The second-order valence-corrected chi connectivity index (χ2v) is 4.36. The number of primary amides is 1. The molecular weight excluding hydrogens is 194 g/mol. The summed E-state index contributed by atoms with van der Waals surface area (Å²) in [5, 5.41) is 3.08. The van der Waals surface area contributed by atoms with Crippen LogP contribution in [-0.4, -0.2) is 42.4 Å². The topological polar surface area (TPSA) is 75.4 Å². The van der Waals surface area contributed by atoms with Crippen LogP contribution in [0.4, 0.5) is 0 Å². The number of carbonyl (C=O) groups is 2. The zero-order valence-electron chi connectivity index (χ0n) is 8.74. The monoisotopic (exact) mass is 211 g/mol. The third-order valence-corrected chi connectivity index (χ3v) is 3.05. The Hall–Kier alpha value is -1.10. The number of piperazine rings is 1. The molecule has 3 N–H and O–H groups in total.